The Bertz CT molecular complexity index is 1000. The van der Waals surface area contributed by atoms with E-state index in [2.05, 4.69) is 36.1 Å². The highest BCUT2D eigenvalue weighted by Crippen LogP contribution is 2.68. The van der Waals surface area contributed by atoms with Crippen LogP contribution in [0.15, 0.2) is 12.5 Å². The molecule has 4 aliphatic rings. The van der Waals surface area contributed by atoms with Crippen molar-refractivity contribution < 1.29 is 24.9 Å². The number of aliphatic hydroxyl groups excluding tert-OH is 2. The van der Waals surface area contributed by atoms with Gasteiger partial charge in [-0.15, -0.1) is 0 Å². The first kappa shape index (κ1) is 27.6. The number of hydrogen-bond donors (Lipinski definition) is 5. The van der Waals surface area contributed by atoms with E-state index in [1.807, 2.05) is 0 Å². The van der Waals surface area contributed by atoms with Gasteiger partial charge in [0.25, 0.3) is 0 Å². The van der Waals surface area contributed by atoms with Gasteiger partial charge in [0.2, 0.25) is 5.91 Å². The Morgan fingerprint density at radius 1 is 1.08 bits per heavy atom. The third-order valence-electron chi connectivity index (χ3n) is 11.9. The van der Waals surface area contributed by atoms with Gasteiger partial charge in [-0.3, -0.25) is 4.79 Å². The summed E-state index contributed by atoms with van der Waals surface area (Å²) in [7, 11) is 0. The summed E-state index contributed by atoms with van der Waals surface area (Å²) in [6, 6.07) is -0.967. The predicted octanol–water partition coefficient (Wildman–Crippen LogP) is 3.93. The number of carbonyl (C=O) groups is 2. The van der Waals surface area contributed by atoms with Crippen molar-refractivity contribution in [2.24, 2.45) is 46.3 Å². The summed E-state index contributed by atoms with van der Waals surface area (Å²) >= 11 is 0. The van der Waals surface area contributed by atoms with Gasteiger partial charge in [-0.1, -0.05) is 20.8 Å². The molecule has 1 heterocycles. The van der Waals surface area contributed by atoms with E-state index >= 15 is 0 Å². The number of carboxylic acid groups (broad SMARTS) is 1. The van der Waals surface area contributed by atoms with Crippen LogP contribution in [0.5, 0.6) is 0 Å². The normalized spacial score (nSPS) is 41.9. The number of H-pyrrole nitrogens is 1. The molecule has 5 N–H and O–H groups in total. The summed E-state index contributed by atoms with van der Waals surface area (Å²) in [4.78, 5) is 31.3. The van der Waals surface area contributed by atoms with Gasteiger partial charge in [0.1, 0.15) is 6.04 Å². The molecule has 0 aliphatic heterocycles. The van der Waals surface area contributed by atoms with Crippen LogP contribution in [0.1, 0.15) is 90.7 Å². The lowest BCUT2D eigenvalue weighted by molar-refractivity contribution is -0.172. The zero-order chi connectivity index (χ0) is 27.2. The van der Waals surface area contributed by atoms with E-state index in [9.17, 15) is 24.9 Å². The molecule has 4 saturated carbocycles. The lowest BCUT2D eigenvalue weighted by Gasteiger charge is -2.62. The van der Waals surface area contributed by atoms with Crippen molar-refractivity contribution in [1.29, 1.82) is 0 Å². The number of carboxylic acids is 1. The average molecular weight is 530 g/mol. The lowest BCUT2D eigenvalue weighted by Crippen LogP contribution is -2.58. The number of carbonyl (C=O) groups excluding carboxylic acids is 1. The molecule has 38 heavy (non-hydrogen) atoms. The van der Waals surface area contributed by atoms with Crippen molar-refractivity contribution in [3.8, 4) is 0 Å². The van der Waals surface area contributed by atoms with Crippen LogP contribution in [0.4, 0.5) is 0 Å². The Hall–Kier alpha value is -1.93. The summed E-state index contributed by atoms with van der Waals surface area (Å²) in [5, 5.41) is 33.8. The number of rotatable bonds is 8. The Morgan fingerprint density at radius 3 is 2.53 bits per heavy atom. The summed E-state index contributed by atoms with van der Waals surface area (Å²) in [6.45, 7) is 7.14. The lowest BCUT2D eigenvalue weighted by atomic mass is 9.44. The minimum Gasteiger partial charge on any atom is -0.480 e. The van der Waals surface area contributed by atoms with Crippen LogP contribution in [-0.4, -0.2) is 55.4 Å². The molecule has 1 aromatic heterocycles. The molecule has 1 amide bonds. The standard InChI is InChI=1S/C30H47N3O5/c1-17(4-7-27(36)33-25(28(37)38)12-18-15-31-16-32-18)21-5-6-22-20-14-26(35)24-13-19(34)8-10-30(24,3)23(20)9-11-29(21,22)2/h15-17,19-26,34-35H,4-14H2,1-3H3,(H,31,32)(H,33,36)(H,37,38). The molecule has 0 aromatic carbocycles. The second-order valence-electron chi connectivity index (χ2n) is 13.7. The molecule has 0 saturated heterocycles. The number of imidazole rings is 1. The average Bonchev–Trinajstić information content (AvgIpc) is 3.50. The Morgan fingerprint density at radius 2 is 1.82 bits per heavy atom. The predicted molar refractivity (Wildman–Crippen MR) is 143 cm³/mol. The highest BCUT2D eigenvalue weighted by Gasteiger charge is 2.62. The van der Waals surface area contributed by atoms with Gasteiger partial charge < -0.3 is 25.6 Å². The van der Waals surface area contributed by atoms with Crippen molar-refractivity contribution in [2.45, 2.75) is 110 Å². The highest BCUT2D eigenvalue weighted by molar-refractivity contribution is 5.83. The monoisotopic (exact) mass is 529 g/mol. The third kappa shape index (κ3) is 4.91. The number of nitrogens with one attached hydrogen (secondary N) is 2. The zero-order valence-electron chi connectivity index (χ0n) is 23.2. The number of aromatic nitrogens is 2. The first-order chi connectivity index (χ1) is 18.0. The van der Waals surface area contributed by atoms with Crippen molar-refractivity contribution in [3.63, 3.8) is 0 Å². The van der Waals surface area contributed by atoms with Gasteiger partial charge in [0.15, 0.2) is 0 Å². The molecule has 8 nitrogen and oxygen atoms in total. The third-order valence-corrected chi connectivity index (χ3v) is 11.9. The van der Waals surface area contributed by atoms with E-state index in [4.69, 9.17) is 0 Å². The van der Waals surface area contributed by atoms with Gasteiger partial charge in [-0.2, -0.15) is 0 Å². The quantitative estimate of drug-likeness (QED) is 0.346. The molecule has 11 atom stereocenters. The molecule has 8 heteroatoms. The number of nitrogens with zero attached hydrogens (tertiary/aromatic N) is 1. The van der Waals surface area contributed by atoms with Gasteiger partial charge >= 0.3 is 5.97 Å². The second-order valence-corrected chi connectivity index (χ2v) is 13.7. The summed E-state index contributed by atoms with van der Waals surface area (Å²) in [6.07, 6.45) is 12.0. The maximum absolute atomic E-state index is 12.7. The Balaban J connectivity index is 1.20. The molecule has 0 bridgehead atoms. The fraction of sp³-hybridized carbons (Fsp3) is 0.833. The van der Waals surface area contributed by atoms with E-state index in [0.717, 1.165) is 32.1 Å². The van der Waals surface area contributed by atoms with E-state index in [-0.39, 0.29) is 41.3 Å². The van der Waals surface area contributed by atoms with Crippen LogP contribution in [0.25, 0.3) is 0 Å². The molecule has 1 aromatic rings. The second kappa shape index (κ2) is 10.6. The number of hydrogen-bond acceptors (Lipinski definition) is 5. The summed E-state index contributed by atoms with van der Waals surface area (Å²) in [5.41, 5.74) is 1.03. The smallest absolute Gasteiger partial charge is 0.326 e. The molecule has 11 unspecified atom stereocenters. The van der Waals surface area contributed by atoms with E-state index in [1.165, 1.54) is 32.0 Å². The van der Waals surface area contributed by atoms with Crippen molar-refractivity contribution >= 4 is 11.9 Å². The first-order valence-electron chi connectivity index (χ1n) is 14.9. The Labute approximate surface area is 226 Å². The molecule has 212 valence electrons. The van der Waals surface area contributed by atoms with Crippen LogP contribution < -0.4 is 5.32 Å². The van der Waals surface area contributed by atoms with Gasteiger partial charge in [0.05, 0.1) is 18.5 Å². The Kier molecular flexibility index (Phi) is 7.68. The fourth-order valence-corrected chi connectivity index (χ4v) is 9.90. The van der Waals surface area contributed by atoms with Gasteiger partial charge in [-0.25, -0.2) is 9.78 Å². The molecular formula is C30H47N3O5. The van der Waals surface area contributed by atoms with E-state index in [1.54, 1.807) is 6.20 Å². The van der Waals surface area contributed by atoms with Gasteiger partial charge in [0, 0.05) is 24.7 Å². The van der Waals surface area contributed by atoms with Crippen LogP contribution in [0.2, 0.25) is 0 Å². The van der Waals surface area contributed by atoms with Crippen LogP contribution >= 0.6 is 0 Å². The maximum atomic E-state index is 12.7. The van der Waals surface area contributed by atoms with Crippen LogP contribution in [0, 0.1) is 46.3 Å². The summed E-state index contributed by atoms with van der Waals surface area (Å²) < 4.78 is 0. The van der Waals surface area contributed by atoms with E-state index < -0.39 is 12.0 Å². The SMILES string of the molecule is CC(CCC(=O)NC(Cc1cnc[nH]1)C(=O)O)C1CCC2C3CC(O)C4CC(O)CCC4(C)C3CCC12C. The number of aromatic amines is 1. The molecule has 4 aliphatic carbocycles. The van der Waals surface area contributed by atoms with Crippen molar-refractivity contribution in [3.05, 3.63) is 18.2 Å². The molecule has 0 spiro atoms. The number of aliphatic hydroxyl groups is 2. The number of amides is 1. The van der Waals surface area contributed by atoms with Crippen molar-refractivity contribution in [1.82, 2.24) is 15.3 Å². The molecule has 4 fully saturated rings. The minimum absolute atomic E-state index is 0.127. The van der Waals surface area contributed by atoms with Crippen molar-refractivity contribution in [2.75, 3.05) is 0 Å². The fourth-order valence-electron chi connectivity index (χ4n) is 9.90. The zero-order valence-corrected chi connectivity index (χ0v) is 23.2. The summed E-state index contributed by atoms with van der Waals surface area (Å²) in [5.74, 6) is 1.66. The number of aliphatic carboxylic acids is 1. The highest BCUT2D eigenvalue weighted by atomic mass is 16.4. The maximum Gasteiger partial charge on any atom is 0.326 e. The first-order valence-corrected chi connectivity index (χ1v) is 14.9. The molecule has 0 radical (unpaired) electrons. The largest absolute Gasteiger partial charge is 0.480 e. The molecular weight excluding hydrogens is 482 g/mol. The van der Waals surface area contributed by atoms with E-state index in [0.29, 0.717) is 41.7 Å². The number of fused-ring (bicyclic) bond motifs is 5. The minimum atomic E-state index is -1.04. The van der Waals surface area contributed by atoms with Crippen LogP contribution in [-0.2, 0) is 16.0 Å². The topological polar surface area (TPSA) is 136 Å². The molecule has 5 rings (SSSR count). The van der Waals surface area contributed by atoms with Gasteiger partial charge in [-0.05, 0) is 104 Å². The van der Waals surface area contributed by atoms with Crippen LogP contribution in [0.3, 0.4) is 0 Å².